The van der Waals surface area contributed by atoms with Gasteiger partial charge in [0.2, 0.25) is 15.0 Å². The normalized spacial score (nSPS) is 12.2. The van der Waals surface area contributed by atoms with E-state index < -0.39 is 26.8 Å². The topological polar surface area (TPSA) is 52.0 Å². The third kappa shape index (κ3) is 5.13. The molecule has 0 aliphatic rings. The van der Waals surface area contributed by atoms with Crippen LogP contribution < -0.4 is 0 Å². The summed E-state index contributed by atoms with van der Waals surface area (Å²) in [7, 11) is -4.19. The van der Waals surface area contributed by atoms with Crippen LogP contribution in [0.5, 0.6) is 0 Å². The van der Waals surface area contributed by atoms with Gasteiger partial charge >= 0.3 is 0 Å². The summed E-state index contributed by atoms with van der Waals surface area (Å²) in [6, 6.07) is 13.9. The van der Waals surface area contributed by atoms with Gasteiger partial charge in [0.15, 0.2) is 0 Å². The Morgan fingerprint density at radius 1 is 0.861 bits per heavy atom. The van der Waals surface area contributed by atoms with E-state index in [4.69, 9.17) is 58.0 Å². The van der Waals surface area contributed by atoms with Gasteiger partial charge in [0.1, 0.15) is 5.82 Å². The van der Waals surface area contributed by atoms with Crippen LogP contribution in [-0.4, -0.2) is 18.0 Å². The maximum atomic E-state index is 14.5. The molecule has 0 spiro atoms. The summed E-state index contributed by atoms with van der Waals surface area (Å²) >= 11 is 30.9. The van der Waals surface area contributed by atoms with Crippen LogP contribution in [0.4, 0.5) is 4.39 Å². The van der Waals surface area contributed by atoms with Crippen molar-refractivity contribution in [1.29, 1.82) is 0 Å². The van der Waals surface area contributed by atoms with Gasteiger partial charge in [-0.25, -0.2) is 17.8 Å². The highest BCUT2D eigenvalue weighted by molar-refractivity contribution is 7.90. The highest BCUT2D eigenvalue weighted by Gasteiger charge is 2.34. The number of benzene rings is 3. The van der Waals surface area contributed by atoms with E-state index in [1.807, 2.05) is 13.8 Å². The van der Waals surface area contributed by atoms with Crippen LogP contribution >= 0.6 is 58.0 Å². The predicted molar refractivity (Wildman–Crippen MR) is 144 cm³/mol. The lowest BCUT2D eigenvalue weighted by molar-refractivity contribution is 0.564. The van der Waals surface area contributed by atoms with Gasteiger partial charge in [0.05, 0.1) is 37.7 Å². The lowest BCUT2D eigenvalue weighted by Crippen LogP contribution is -2.24. The van der Waals surface area contributed by atoms with Crippen molar-refractivity contribution >= 4 is 67.8 Å². The first-order valence-corrected chi connectivity index (χ1v) is 14.0. The molecule has 3 aromatic carbocycles. The van der Waals surface area contributed by atoms with Crippen molar-refractivity contribution in [1.82, 2.24) is 9.55 Å². The lowest BCUT2D eigenvalue weighted by atomic mass is 9.81. The molecule has 0 atom stereocenters. The Balaban J connectivity index is 1.95. The van der Waals surface area contributed by atoms with E-state index in [-0.39, 0.29) is 20.8 Å². The highest BCUT2D eigenvalue weighted by Crippen LogP contribution is 2.38. The van der Waals surface area contributed by atoms with Gasteiger partial charge < -0.3 is 0 Å². The molecule has 0 aliphatic heterocycles. The fourth-order valence-corrected chi connectivity index (χ4v) is 6.22. The molecule has 1 heterocycles. The number of sulfone groups is 1. The lowest BCUT2D eigenvalue weighted by Gasteiger charge is -2.28. The molecule has 0 unspecified atom stereocenters. The zero-order valence-corrected chi connectivity index (χ0v) is 23.5. The SMILES string of the molecule is CC(C)(c1ccc(Cl)c(Cl)c1)c1cnc(S(=O)(=O)Cc2c(F)cccc2Cl)n1-c1ccc(Cl)c(Cl)c1. The smallest absolute Gasteiger partial charge is 0.232 e. The summed E-state index contributed by atoms with van der Waals surface area (Å²) in [6.45, 7) is 3.78. The molecule has 36 heavy (non-hydrogen) atoms. The number of halogens is 6. The molecule has 0 saturated heterocycles. The zero-order valence-electron chi connectivity index (χ0n) is 18.9. The Kier molecular flexibility index (Phi) is 7.69. The van der Waals surface area contributed by atoms with Gasteiger partial charge in [-0.15, -0.1) is 0 Å². The minimum atomic E-state index is -4.19. The first kappa shape index (κ1) is 27.2. The molecule has 0 saturated carbocycles. The van der Waals surface area contributed by atoms with Crippen LogP contribution in [0.1, 0.15) is 30.7 Å². The Morgan fingerprint density at radius 3 is 2.11 bits per heavy atom. The van der Waals surface area contributed by atoms with E-state index in [0.29, 0.717) is 26.4 Å². The van der Waals surface area contributed by atoms with Crippen LogP contribution in [0, 0.1) is 5.82 Å². The standard InChI is InChI=1S/C25H18Cl5FN2O2S/c1-25(2,14-6-8-18(27)20(29)10-14)23-12-32-24(33(23)15-7-9-19(28)21(30)11-15)36(34,35)13-16-17(26)4-3-5-22(16)31/h3-12H,13H2,1-2H3. The van der Waals surface area contributed by atoms with Gasteiger partial charge in [-0.05, 0) is 48.0 Å². The molecule has 11 heteroatoms. The Hall–Kier alpha value is -1.80. The molecule has 0 bridgehead atoms. The predicted octanol–water partition coefficient (Wildman–Crippen LogP) is 8.58. The third-order valence-electron chi connectivity index (χ3n) is 5.85. The first-order valence-electron chi connectivity index (χ1n) is 10.5. The average Bonchev–Trinajstić information content (AvgIpc) is 3.27. The molecular formula is C25H18Cl5FN2O2S. The minimum Gasteiger partial charge on any atom is -0.287 e. The molecule has 0 N–H and O–H groups in total. The molecule has 1 aromatic heterocycles. The number of nitrogens with zero attached hydrogens (tertiary/aromatic N) is 2. The van der Waals surface area contributed by atoms with Crippen LogP contribution in [-0.2, 0) is 21.0 Å². The second-order valence-electron chi connectivity index (χ2n) is 8.57. The van der Waals surface area contributed by atoms with Crippen LogP contribution in [0.3, 0.4) is 0 Å². The summed E-state index contributed by atoms with van der Waals surface area (Å²) in [4.78, 5) is 4.28. The number of aromatic nitrogens is 2. The van der Waals surface area contributed by atoms with Crippen molar-refractivity contribution in [2.45, 2.75) is 30.2 Å². The van der Waals surface area contributed by atoms with Crippen molar-refractivity contribution < 1.29 is 12.8 Å². The largest absolute Gasteiger partial charge is 0.287 e. The molecule has 0 amide bonds. The fourth-order valence-electron chi connectivity index (χ4n) is 3.83. The van der Waals surface area contributed by atoms with Crippen LogP contribution in [0.25, 0.3) is 5.69 Å². The molecule has 4 nitrogen and oxygen atoms in total. The molecule has 4 rings (SSSR count). The van der Waals surface area contributed by atoms with Gasteiger partial charge in [0, 0.05) is 21.7 Å². The van der Waals surface area contributed by atoms with E-state index in [9.17, 15) is 12.8 Å². The molecular weight excluding hydrogens is 589 g/mol. The molecule has 188 valence electrons. The molecule has 0 aliphatic carbocycles. The first-order chi connectivity index (χ1) is 16.8. The van der Waals surface area contributed by atoms with E-state index in [1.54, 1.807) is 30.3 Å². The molecule has 0 radical (unpaired) electrons. The maximum Gasteiger partial charge on any atom is 0.232 e. The van der Waals surface area contributed by atoms with Gasteiger partial charge in [0.25, 0.3) is 0 Å². The Labute approximate surface area is 233 Å². The summed E-state index contributed by atoms with van der Waals surface area (Å²) < 4.78 is 43.2. The van der Waals surface area contributed by atoms with E-state index in [0.717, 1.165) is 11.6 Å². The van der Waals surface area contributed by atoms with Gasteiger partial charge in [-0.3, -0.25) is 4.57 Å². The monoisotopic (exact) mass is 604 g/mol. The van der Waals surface area contributed by atoms with Crippen LogP contribution in [0.2, 0.25) is 25.1 Å². The summed E-state index contributed by atoms with van der Waals surface area (Å²) in [5.41, 5.74) is 0.740. The quantitative estimate of drug-likeness (QED) is 0.221. The summed E-state index contributed by atoms with van der Waals surface area (Å²) in [6.07, 6.45) is 1.46. The minimum absolute atomic E-state index is 0.00239. The van der Waals surface area contributed by atoms with Crippen molar-refractivity contribution in [3.8, 4) is 5.69 Å². The van der Waals surface area contributed by atoms with Crippen molar-refractivity contribution in [2.24, 2.45) is 0 Å². The van der Waals surface area contributed by atoms with Crippen molar-refractivity contribution in [2.75, 3.05) is 0 Å². The Bertz CT molecular complexity index is 1570. The second-order valence-corrected chi connectivity index (χ2v) is 12.5. The summed E-state index contributed by atoms with van der Waals surface area (Å²) in [5, 5.41) is 0.963. The molecule has 4 aromatic rings. The van der Waals surface area contributed by atoms with E-state index >= 15 is 0 Å². The molecule has 0 fully saturated rings. The summed E-state index contributed by atoms with van der Waals surface area (Å²) in [5.74, 6) is -1.42. The number of rotatable bonds is 6. The second kappa shape index (κ2) is 10.2. The third-order valence-corrected chi connectivity index (χ3v) is 9.19. The number of imidazole rings is 1. The van der Waals surface area contributed by atoms with Crippen molar-refractivity contribution in [3.63, 3.8) is 0 Å². The van der Waals surface area contributed by atoms with Crippen molar-refractivity contribution in [3.05, 3.63) is 109 Å². The number of hydrogen-bond donors (Lipinski definition) is 0. The maximum absolute atomic E-state index is 14.5. The fraction of sp³-hybridized carbons (Fsp3) is 0.160. The van der Waals surface area contributed by atoms with Gasteiger partial charge in [-0.2, -0.15) is 0 Å². The number of hydrogen-bond acceptors (Lipinski definition) is 3. The zero-order chi connectivity index (χ0) is 26.4. The van der Waals surface area contributed by atoms with Crippen LogP contribution in [0.15, 0.2) is 66.0 Å². The van der Waals surface area contributed by atoms with E-state index in [1.165, 1.54) is 29.0 Å². The van der Waals surface area contributed by atoms with E-state index in [2.05, 4.69) is 4.98 Å². The van der Waals surface area contributed by atoms with Gasteiger partial charge in [-0.1, -0.05) is 84.0 Å². The Morgan fingerprint density at radius 2 is 1.50 bits per heavy atom. The average molecular weight is 607 g/mol. The highest BCUT2D eigenvalue weighted by atomic mass is 35.5.